The maximum Gasteiger partial charge on any atom is 0.255 e. The van der Waals surface area contributed by atoms with Crippen molar-refractivity contribution in [1.29, 1.82) is 0 Å². The number of hydrogen-bond donors (Lipinski definition) is 1. The summed E-state index contributed by atoms with van der Waals surface area (Å²) in [6.07, 6.45) is 0. The molecule has 0 saturated carbocycles. The summed E-state index contributed by atoms with van der Waals surface area (Å²) in [5.74, 6) is 1.58. The maximum absolute atomic E-state index is 13.0. The van der Waals surface area contributed by atoms with Gasteiger partial charge in [0.15, 0.2) is 11.5 Å². The van der Waals surface area contributed by atoms with E-state index in [1.54, 1.807) is 25.3 Å². The number of ether oxygens (including phenoxy) is 4. The molecule has 168 valence electrons. The van der Waals surface area contributed by atoms with Crippen LogP contribution in [-0.4, -0.2) is 39.3 Å². The average Bonchev–Trinajstić information content (AvgIpc) is 2.87. The minimum absolute atomic E-state index is 0.318. The fraction of sp³-hybridized carbons (Fsp3) is 0.154. The summed E-state index contributed by atoms with van der Waals surface area (Å²) in [5, 5.41) is 3.71. The zero-order valence-corrected chi connectivity index (χ0v) is 18.8. The summed E-state index contributed by atoms with van der Waals surface area (Å²) < 4.78 is 21.6. The van der Waals surface area contributed by atoms with Crippen LogP contribution in [-0.2, 0) is 0 Å². The van der Waals surface area contributed by atoms with E-state index in [0.29, 0.717) is 34.2 Å². The number of carbonyl (C=O) groups is 1. The Balaban J connectivity index is 1.68. The Kier molecular flexibility index (Phi) is 6.31. The van der Waals surface area contributed by atoms with Gasteiger partial charge in [0.1, 0.15) is 5.75 Å². The van der Waals surface area contributed by atoms with Gasteiger partial charge in [-0.1, -0.05) is 30.3 Å². The van der Waals surface area contributed by atoms with Crippen molar-refractivity contribution >= 4 is 22.5 Å². The molecule has 0 unspecified atom stereocenters. The van der Waals surface area contributed by atoms with E-state index in [4.69, 9.17) is 23.9 Å². The first kappa shape index (κ1) is 22.0. The SMILES string of the molecule is COc1cc(C(=O)Nc2ccc3nc(-c4ccccc4)cc(OC)c3c2)cc(OC)c1OC. The Labute approximate surface area is 191 Å². The third-order valence-electron chi connectivity index (χ3n) is 5.24. The molecule has 7 heteroatoms. The van der Waals surface area contributed by atoms with Gasteiger partial charge in [-0.3, -0.25) is 4.79 Å². The van der Waals surface area contributed by atoms with Crippen molar-refractivity contribution in [2.24, 2.45) is 0 Å². The number of carbonyl (C=O) groups excluding carboxylic acids is 1. The highest BCUT2D eigenvalue weighted by atomic mass is 16.5. The molecule has 7 nitrogen and oxygen atoms in total. The lowest BCUT2D eigenvalue weighted by Gasteiger charge is -2.14. The summed E-state index contributed by atoms with van der Waals surface area (Å²) in [7, 11) is 6.14. The van der Waals surface area contributed by atoms with E-state index in [-0.39, 0.29) is 5.91 Å². The van der Waals surface area contributed by atoms with E-state index < -0.39 is 0 Å². The number of hydrogen-bond acceptors (Lipinski definition) is 6. The molecule has 1 aromatic heterocycles. The van der Waals surface area contributed by atoms with E-state index >= 15 is 0 Å². The van der Waals surface area contributed by atoms with Crippen LogP contribution in [0.15, 0.2) is 66.7 Å². The second kappa shape index (κ2) is 9.48. The summed E-state index contributed by atoms with van der Waals surface area (Å²) in [6.45, 7) is 0. The molecule has 1 amide bonds. The molecule has 0 spiro atoms. The lowest BCUT2D eigenvalue weighted by atomic mass is 10.1. The topological polar surface area (TPSA) is 78.9 Å². The van der Waals surface area contributed by atoms with Crippen molar-refractivity contribution in [2.45, 2.75) is 0 Å². The van der Waals surface area contributed by atoms with Crippen LogP contribution in [0.5, 0.6) is 23.0 Å². The van der Waals surface area contributed by atoms with Crippen LogP contribution >= 0.6 is 0 Å². The Morgan fingerprint density at radius 2 is 1.42 bits per heavy atom. The third kappa shape index (κ3) is 4.39. The lowest BCUT2D eigenvalue weighted by molar-refractivity contribution is 0.102. The minimum atomic E-state index is -0.318. The van der Waals surface area contributed by atoms with Gasteiger partial charge < -0.3 is 24.3 Å². The largest absolute Gasteiger partial charge is 0.496 e. The van der Waals surface area contributed by atoms with Crippen LogP contribution in [0.3, 0.4) is 0 Å². The monoisotopic (exact) mass is 444 g/mol. The molecule has 0 aliphatic heterocycles. The molecule has 1 heterocycles. The van der Waals surface area contributed by atoms with Crippen molar-refractivity contribution in [3.8, 4) is 34.3 Å². The van der Waals surface area contributed by atoms with Gasteiger partial charge >= 0.3 is 0 Å². The smallest absolute Gasteiger partial charge is 0.255 e. The van der Waals surface area contributed by atoms with Gasteiger partial charge in [0.2, 0.25) is 5.75 Å². The Hall–Kier alpha value is -4.26. The molecule has 0 radical (unpaired) electrons. The number of nitrogens with one attached hydrogen (secondary N) is 1. The molecule has 0 fully saturated rings. The lowest BCUT2D eigenvalue weighted by Crippen LogP contribution is -2.12. The average molecular weight is 444 g/mol. The van der Waals surface area contributed by atoms with E-state index in [1.165, 1.54) is 21.3 Å². The van der Waals surface area contributed by atoms with E-state index in [2.05, 4.69) is 5.32 Å². The number of aromatic nitrogens is 1. The molecule has 0 aliphatic carbocycles. The second-order valence-electron chi connectivity index (χ2n) is 7.18. The van der Waals surface area contributed by atoms with Crippen LogP contribution in [0.1, 0.15) is 10.4 Å². The number of benzene rings is 3. The first-order chi connectivity index (χ1) is 16.1. The van der Waals surface area contributed by atoms with Gasteiger partial charge in [0.05, 0.1) is 39.6 Å². The minimum Gasteiger partial charge on any atom is -0.496 e. The number of rotatable bonds is 7. The summed E-state index contributed by atoms with van der Waals surface area (Å²) in [5.41, 5.74) is 3.55. The molecule has 1 N–H and O–H groups in total. The summed E-state index contributed by atoms with van der Waals surface area (Å²) >= 11 is 0. The van der Waals surface area contributed by atoms with E-state index in [9.17, 15) is 4.79 Å². The fourth-order valence-electron chi connectivity index (χ4n) is 3.61. The standard InChI is InChI=1S/C26H24N2O5/c1-30-22-15-21(16-8-6-5-7-9-16)28-20-11-10-18(14-19(20)22)27-26(29)17-12-23(31-2)25(33-4)24(13-17)32-3/h5-15H,1-4H3,(H,27,29). The zero-order chi connectivity index (χ0) is 23.4. The number of amides is 1. The second-order valence-corrected chi connectivity index (χ2v) is 7.18. The van der Waals surface area contributed by atoms with Crippen LogP contribution in [0.2, 0.25) is 0 Å². The highest BCUT2D eigenvalue weighted by Gasteiger charge is 2.17. The molecular formula is C26H24N2O5. The predicted octanol–water partition coefficient (Wildman–Crippen LogP) is 5.19. The van der Waals surface area contributed by atoms with Gasteiger partial charge in [0, 0.05) is 28.3 Å². The highest BCUT2D eigenvalue weighted by Crippen LogP contribution is 2.38. The normalized spacial score (nSPS) is 10.5. The zero-order valence-electron chi connectivity index (χ0n) is 18.8. The molecule has 4 rings (SSSR count). The van der Waals surface area contributed by atoms with Gasteiger partial charge in [0.25, 0.3) is 5.91 Å². The molecule has 0 aliphatic rings. The van der Waals surface area contributed by atoms with Crippen molar-refractivity contribution in [3.05, 3.63) is 72.3 Å². The van der Waals surface area contributed by atoms with Crippen LogP contribution < -0.4 is 24.3 Å². The first-order valence-corrected chi connectivity index (χ1v) is 10.2. The Bertz CT molecular complexity index is 1280. The number of pyridine rings is 1. The molecule has 0 atom stereocenters. The highest BCUT2D eigenvalue weighted by molar-refractivity contribution is 6.06. The van der Waals surface area contributed by atoms with Crippen molar-refractivity contribution in [2.75, 3.05) is 33.8 Å². The molecule has 0 bridgehead atoms. The van der Waals surface area contributed by atoms with Crippen LogP contribution in [0, 0.1) is 0 Å². The Morgan fingerprint density at radius 3 is 2.03 bits per heavy atom. The molecule has 4 aromatic rings. The predicted molar refractivity (Wildman–Crippen MR) is 128 cm³/mol. The number of nitrogens with zero attached hydrogens (tertiary/aromatic N) is 1. The number of methoxy groups -OCH3 is 4. The Morgan fingerprint density at radius 1 is 0.758 bits per heavy atom. The number of fused-ring (bicyclic) bond motifs is 1. The quantitative estimate of drug-likeness (QED) is 0.423. The van der Waals surface area contributed by atoms with E-state index in [1.807, 2.05) is 48.5 Å². The first-order valence-electron chi connectivity index (χ1n) is 10.2. The summed E-state index contributed by atoms with van der Waals surface area (Å²) in [4.78, 5) is 17.7. The van der Waals surface area contributed by atoms with Gasteiger partial charge in [-0.25, -0.2) is 4.98 Å². The molecular weight excluding hydrogens is 420 g/mol. The number of anilines is 1. The van der Waals surface area contributed by atoms with Crippen LogP contribution in [0.4, 0.5) is 5.69 Å². The van der Waals surface area contributed by atoms with Gasteiger partial charge in [-0.05, 0) is 30.3 Å². The van der Waals surface area contributed by atoms with Gasteiger partial charge in [-0.15, -0.1) is 0 Å². The van der Waals surface area contributed by atoms with Crippen LogP contribution in [0.25, 0.3) is 22.2 Å². The third-order valence-corrected chi connectivity index (χ3v) is 5.24. The van der Waals surface area contributed by atoms with Crippen molar-refractivity contribution < 1.29 is 23.7 Å². The summed E-state index contributed by atoms with van der Waals surface area (Å²) in [6, 6.07) is 20.5. The van der Waals surface area contributed by atoms with Crippen molar-refractivity contribution in [3.63, 3.8) is 0 Å². The molecule has 3 aromatic carbocycles. The van der Waals surface area contributed by atoms with Gasteiger partial charge in [-0.2, -0.15) is 0 Å². The fourth-order valence-corrected chi connectivity index (χ4v) is 3.61. The molecule has 0 saturated heterocycles. The maximum atomic E-state index is 13.0. The molecule has 33 heavy (non-hydrogen) atoms. The van der Waals surface area contributed by atoms with E-state index in [0.717, 1.165) is 22.2 Å². The van der Waals surface area contributed by atoms with Crippen molar-refractivity contribution in [1.82, 2.24) is 4.98 Å².